The lowest BCUT2D eigenvalue weighted by Gasteiger charge is -2.39. The minimum absolute atomic E-state index is 0.0290. The fourth-order valence-electron chi connectivity index (χ4n) is 11.0. The van der Waals surface area contributed by atoms with Crippen molar-refractivity contribution in [3.8, 4) is 17.6 Å². The summed E-state index contributed by atoms with van der Waals surface area (Å²) in [5.41, 5.74) is 3.96. The van der Waals surface area contributed by atoms with E-state index in [4.69, 9.17) is 27.9 Å². The highest BCUT2D eigenvalue weighted by Crippen LogP contribution is 2.57. The second kappa shape index (κ2) is 18.3. The number of amides is 5. The molecule has 1 spiro atoms. The second-order valence-corrected chi connectivity index (χ2v) is 20.4. The average molecular weight is 948 g/mol. The van der Waals surface area contributed by atoms with E-state index < -0.39 is 41.0 Å². The van der Waals surface area contributed by atoms with Gasteiger partial charge in [0.2, 0.25) is 17.7 Å². The van der Waals surface area contributed by atoms with Crippen LogP contribution in [0.1, 0.15) is 108 Å². The first-order valence-corrected chi connectivity index (χ1v) is 23.6. The maximum absolute atomic E-state index is 16.3. The van der Waals surface area contributed by atoms with Crippen molar-refractivity contribution in [3.63, 3.8) is 0 Å². The van der Waals surface area contributed by atoms with E-state index in [1.807, 2.05) is 29.2 Å². The molecule has 5 aliphatic heterocycles. The van der Waals surface area contributed by atoms with Crippen molar-refractivity contribution in [1.29, 1.82) is 0 Å². The minimum Gasteiger partial charge on any atom is -0.495 e. The number of imide groups is 1. The Morgan fingerprint density at radius 2 is 1.82 bits per heavy atom. The lowest BCUT2D eigenvalue weighted by molar-refractivity contribution is -0.137. The quantitative estimate of drug-likeness (QED) is 0.103. The van der Waals surface area contributed by atoms with Crippen LogP contribution < -0.4 is 26.0 Å². The van der Waals surface area contributed by atoms with Crippen LogP contribution in [0.2, 0.25) is 10.0 Å². The van der Waals surface area contributed by atoms with Gasteiger partial charge in [-0.1, -0.05) is 80.1 Å². The van der Waals surface area contributed by atoms with Crippen molar-refractivity contribution >= 4 is 64.1 Å². The molecule has 9 rings (SSSR count). The van der Waals surface area contributed by atoms with Crippen LogP contribution in [0, 0.1) is 29.0 Å². The van der Waals surface area contributed by atoms with Gasteiger partial charge >= 0.3 is 0 Å². The Morgan fingerprint density at radius 3 is 2.60 bits per heavy atom. The lowest BCUT2D eigenvalue weighted by atomic mass is 9.63. The summed E-state index contributed by atoms with van der Waals surface area (Å²) in [6.45, 7) is 8.18. The molecule has 4 aromatic carbocycles. The van der Waals surface area contributed by atoms with Crippen LogP contribution >= 0.6 is 23.2 Å². The molecule has 0 radical (unpaired) electrons. The Labute approximate surface area is 399 Å². The third-order valence-electron chi connectivity index (χ3n) is 14.1. The molecule has 5 heterocycles. The molecule has 348 valence electrons. The molecule has 0 aromatic heterocycles. The summed E-state index contributed by atoms with van der Waals surface area (Å²) < 4.78 is 22.1. The first-order valence-electron chi connectivity index (χ1n) is 22.8. The Bertz CT molecular complexity index is 2770. The number of carbonyl (C=O) groups excluding carboxylic acids is 5. The minimum atomic E-state index is -0.902. The summed E-state index contributed by atoms with van der Waals surface area (Å²) >= 11 is 12.9. The van der Waals surface area contributed by atoms with Crippen molar-refractivity contribution in [2.75, 3.05) is 37.4 Å². The molecule has 0 saturated carbocycles. The molecule has 12 nitrogen and oxygen atoms in total. The zero-order valence-corrected chi connectivity index (χ0v) is 39.4. The van der Waals surface area contributed by atoms with Crippen molar-refractivity contribution in [1.82, 2.24) is 20.4 Å². The summed E-state index contributed by atoms with van der Waals surface area (Å²) in [4.78, 5) is 69.8. The van der Waals surface area contributed by atoms with Crippen molar-refractivity contribution in [2.45, 2.75) is 95.3 Å². The van der Waals surface area contributed by atoms with E-state index in [-0.39, 0.29) is 59.5 Å². The van der Waals surface area contributed by atoms with Crippen LogP contribution in [0.4, 0.5) is 15.8 Å². The van der Waals surface area contributed by atoms with E-state index in [0.29, 0.717) is 65.6 Å². The number of hydrogen-bond acceptors (Lipinski definition) is 8. The molecule has 1 unspecified atom stereocenters. The van der Waals surface area contributed by atoms with Crippen LogP contribution in [-0.2, 0) is 26.3 Å². The largest absolute Gasteiger partial charge is 0.495 e. The maximum Gasteiger partial charge on any atom is 0.255 e. The van der Waals surface area contributed by atoms with Gasteiger partial charge in [-0.2, -0.15) is 0 Å². The standard InChI is InChI=1S/C52H53Cl2FN6O6/c1-51(2,3)25-42-52(28-56-39-24-32(53)17-18-36(39)52)44(34-14-7-15-37(54)45(34)55)46(58-42)48(64)57-38-19-16-31(23-41(38)67-4)49(65)60-22-8-10-29(26-60)9-5-11-30-12-6-13-33-35(30)27-61(50(33)66)40-20-21-43(62)59-47(40)63/h6-7,12-19,23-24,29,40,42,44,46,56,58H,8-10,20-22,25-28H2,1-4H3,(H,57,64)(H,59,62,63)/t29-,40?,42-,44-,46+,52-/m0/s1. The van der Waals surface area contributed by atoms with Crippen molar-refractivity contribution < 1.29 is 33.1 Å². The van der Waals surface area contributed by atoms with Gasteiger partial charge in [-0.15, -0.1) is 0 Å². The van der Waals surface area contributed by atoms with Gasteiger partial charge in [0.1, 0.15) is 17.6 Å². The summed E-state index contributed by atoms with van der Waals surface area (Å²) in [5, 5.41) is 13.2. The number of nitrogens with zero attached hydrogens (tertiary/aromatic N) is 2. The predicted octanol–water partition coefficient (Wildman–Crippen LogP) is 8.06. The lowest BCUT2D eigenvalue weighted by Crippen LogP contribution is -2.52. The molecular formula is C52H53Cl2FN6O6. The fourth-order valence-corrected chi connectivity index (χ4v) is 11.4. The van der Waals surface area contributed by atoms with Crippen LogP contribution in [-0.4, -0.2) is 84.2 Å². The molecule has 4 aromatic rings. The maximum atomic E-state index is 16.3. The van der Waals surface area contributed by atoms with Crippen LogP contribution in [0.25, 0.3) is 0 Å². The van der Waals surface area contributed by atoms with Gasteiger partial charge in [-0.05, 0) is 102 Å². The van der Waals surface area contributed by atoms with Gasteiger partial charge in [0.25, 0.3) is 11.8 Å². The Balaban J connectivity index is 0.911. The third kappa shape index (κ3) is 8.76. The molecular weight excluding hydrogens is 895 g/mol. The van der Waals surface area contributed by atoms with E-state index in [1.54, 1.807) is 42.5 Å². The average Bonchev–Trinajstić information content (AvgIpc) is 3.95. The van der Waals surface area contributed by atoms with E-state index >= 15 is 4.39 Å². The molecule has 5 aliphatic rings. The summed E-state index contributed by atoms with van der Waals surface area (Å²) in [6, 6.07) is 19.1. The highest BCUT2D eigenvalue weighted by molar-refractivity contribution is 6.31. The number of piperidine rings is 2. The Morgan fingerprint density at radius 1 is 1.01 bits per heavy atom. The van der Waals surface area contributed by atoms with Crippen LogP contribution in [0.15, 0.2) is 72.8 Å². The molecule has 4 N–H and O–H groups in total. The van der Waals surface area contributed by atoms with Gasteiger partial charge in [0, 0.05) is 83.8 Å². The van der Waals surface area contributed by atoms with Crippen LogP contribution in [0.3, 0.4) is 0 Å². The molecule has 0 aliphatic carbocycles. The number of hydrogen-bond donors (Lipinski definition) is 4. The van der Waals surface area contributed by atoms with Crippen molar-refractivity contribution in [2.24, 2.45) is 11.3 Å². The van der Waals surface area contributed by atoms with Gasteiger partial charge in [-0.3, -0.25) is 29.3 Å². The Kier molecular flexibility index (Phi) is 12.6. The SMILES string of the molecule is COc1cc(C(=O)N2CCC[C@H](CC#Cc3cccc4c3CN(C3CCC(=O)NC3=O)C4=O)C2)ccc1NC(=O)[C@@H]1N[C@@H](CC(C)(C)C)[C@@]2(CNc3cc(Cl)ccc32)[C@H]1c1cccc(Cl)c1F. The molecule has 3 fully saturated rings. The zero-order chi connectivity index (χ0) is 47.4. The number of carbonyl (C=O) groups is 5. The normalized spacial score (nSPS) is 24.4. The van der Waals surface area contributed by atoms with E-state index in [0.717, 1.165) is 35.2 Å². The van der Waals surface area contributed by atoms with Gasteiger partial charge in [-0.25, -0.2) is 4.39 Å². The molecule has 6 atom stereocenters. The monoisotopic (exact) mass is 946 g/mol. The first-order chi connectivity index (χ1) is 32.1. The first kappa shape index (κ1) is 46.2. The molecule has 15 heteroatoms. The highest BCUT2D eigenvalue weighted by atomic mass is 35.5. The van der Waals surface area contributed by atoms with Crippen LogP contribution in [0.5, 0.6) is 5.75 Å². The van der Waals surface area contributed by atoms with E-state index in [1.165, 1.54) is 18.1 Å². The molecule has 3 saturated heterocycles. The highest BCUT2D eigenvalue weighted by Gasteiger charge is 2.61. The van der Waals surface area contributed by atoms with Crippen molar-refractivity contribution in [3.05, 3.63) is 122 Å². The number of benzene rings is 4. The summed E-state index contributed by atoms with van der Waals surface area (Å²) in [6.07, 6.45) is 3.37. The number of ether oxygens (including phenoxy) is 1. The molecule has 67 heavy (non-hydrogen) atoms. The number of methoxy groups -OCH3 is 1. The third-order valence-corrected chi connectivity index (χ3v) is 14.6. The predicted molar refractivity (Wildman–Crippen MR) is 255 cm³/mol. The van der Waals surface area contributed by atoms with Gasteiger partial charge < -0.3 is 30.5 Å². The number of fused-ring (bicyclic) bond motifs is 3. The number of halogens is 3. The number of nitrogens with one attached hydrogen (secondary N) is 4. The second-order valence-electron chi connectivity index (χ2n) is 19.6. The number of likely N-dealkylation sites (tertiary alicyclic amines) is 1. The summed E-state index contributed by atoms with van der Waals surface area (Å²) in [5.74, 6) is 4.12. The fraction of sp³-hybridized carbons (Fsp3) is 0.404. The topological polar surface area (TPSA) is 149 Å². The van der Waals surface area contributed by atoms with Gasteiger partial charge in [0.15, 0.2) is 0 Å². The molecule has 0 bridgehead atoms. The van der Waals surface area contributed by atoms with E-state index in [9.17, 15) is 24.0 Å². The number of rotatable bonds is 8. The smallest absolute Gasteiger partial charge is 0.255 e. The number of anilines is 2. The molecule has 5 amide bonds. The van der Waals surface area contributed by atoms with E-state index in [2.05, 4.69) is 53.9 Å². The summed E-state index contributed by atoms with van der Waals surface area (Å²) in [7, 11) is 1.48. The van der Waals surface area contributed by atoms with Gasteiger partial charge in [0.05, 0.1) is 23.9 Å². The zero-order valence-electron chi connectivity index (χ0n) is 37.9. The Hall–Kier alpha value is -5.94.